The predicted molar refractivity (Wildman–Crippen MR) is 126 cm³/mol. The smallest absolute Gasteiger partial charge is 0.201 e. The summed E-state index contributed by atoms with van der Waals surface area (Å²) in [4.78, 5) is 10.9. The van der Waals surface area contributed by atoms with Crippen molar-refractivity contribution in [2.45, 2.75) is 0 Å². The maximum Gasteiger partial charge on any atom is 0.201 e. The van der Waals surface area contributed by atoms with Gasteiger partial charge in [0.15, 0.2) is 11.4 Å². The minimum Gasteiger partial charge on any atom is -0.317 e. The molecule has 4 aromatic carbocycles. The first-order chi connectivity index (χ1) is 15.3. The third-order valence-corrected chi connectivity index (χ3v) is 6.00. The average molecular weight is 392 g/mol. The van der Waals surface area contributed by atoms with E-state index in [2.05, 4.69) is 55.5 Å². The quantitative estimate of drug-likeness (QED) is 0.183. The molecule has 0 atom stereocenters. The van der Waals surface area contributed by atoms with Crippen LogP contribution in [0.15, 0.2) is 72.9 Å². The van der Waals surface area contributed by atoms with Gasteiger partial charge in [0.2, 0.25) is 5.69 Å². The van der Waals surface area contributed by atoms with Crippen LogP contribution in [0.1, 0.15) is 0 Å². The molecule has 0 unspecified atom stereocenters. The SMILES string of the molecule is [C-]#[N+]c1cc2c(c([N+]#[C-])c1[N+]#[C-])c1ccc3ccccc3c1c1c3ccccc3cn21. The zero-order valence-corrected chi connectivity index (χ0v) is 16.2. The lowest BCUT2D eigenvalue weighted by atomic mass is 9.96. The van der Waals surface area contributed by atoms with E-state index >= 15 is 0 Å². The summed E-state index contributed by atoms with van der Waals surface area (Å²) in [5.74, 6) is 0. The predicted octanol–water partition coefficient (Wildman–Crippen LogP) is 8.20. The fourth-order valence-corrected chi connectivity index (χ4v) is 4.73. The van der Waals surface area contributed by atoms with Gasteiger partial charge in [-0.3, -0.25) is 14.5 Å². The van der Waals surface area contributed by atoms with Crippen LogP contribution in [0.4, 0.5) is 17.1 Å². The summed E-state index contributed by atoms with van der Waals surface area (Å²) < 4.78 is 2.09. The molecule has 0 aliphatic carbocycles. The van der Waals surface area contributed by atoms with Gasteiger partial charge in [-0.1, -0.05) is 60.7 Å². The van der Waals surface area contributed by atoms with Crippen LogP contribution < -0.4 is 0 Å². The Hall–Kier alpha value is -4.85. The Balaban J connectivity index is 2.09. The lowest BCUT2D eigenvalue weighted by Gasteiger charge is -2.15. The van der Waals surface area contributed by atoms with E-state index in [0.29, 0.717) is 0 Å². The molecule has 0 saturated heterocycles. The van der Waals surface area contributed by atoms with Crippen LogP contribution in [0.5, 0.6) is 0 Å². The number of nitrogens with zero attached hydrogens (tertiary/aromatic N) is 4. The largest absolute Gasteiger partial charge is 0.317 e. The van der Waals surface area contributed by atoms with Crippen molar-refractivity contribution in [3.05, 3.63) is 107 Å². The first kappa shape index (κ1) is 17.0. The maximum atomic E-state index is 7.86. The number of hydrogen-bond donors (Lipinski definition) is 0. The molecule has 0 radical (unpaired) electrons. The monoisotopic (exact) mass is 392 g/mol. The molecule has 0 amide bonds. The molecule has 0 aliphatic heterocycles. The molecule has 0 bridgehead atoms. The summed E-state index contributed by atoms with van der Waals surface area (Å²) in [7, 11) is 0. The van der Waals surface area contributed by atoms with Crippen LogP contribution in [0.25, 0.3) is 63.3 Å². The molecular formula is C27H12N4. The summed E-state index contributed by atoms with van der Waals surface area (Å²) >= 11 is 0. The second-order valence-corrected chi connectivity index (χ2v) is 7.47. The van der Waals surface area contributed by atoms with Crippen molar-refractivity contribution in [1.82, 2.24) is 4.40 Å². The molecule has 6 aromatic rings. The zero-order chi connectivity index (χ0) is 21.1. The second kappa shape index (κ2) is 6.07. The molecule has 31 heavy (non-hydrogen) atoms. The van der Waals surface area contributed by atoms with E-state index in [9.17, 15) is 0 Å². The van der Waals surface area contributed by atoms with Crippen molar-refractivity contribution in [1.29, 1.82) is 0 Å². The van der Waals surface area contributed by atoms with E-state index in [-0.39, 0.29) is 17.1 Å². The molecule has 0 N–H and O–H groups in total. The van der Waals surface area contributed by atoms with Crippen LogP contribution in [0.3, 0.4) is 0 Å². The summed E-state index contributed by atoms with van der Waals surface area (Å²) in [6.45, 7) is 23.1. The first-order valence-electron chi connectivity index (χ1n) is 9.73. The Morgan fingerprint density at radius 1 is 0.613 bits per heavy atom. The fourth-order valence-electron chi connectivity index (χ4n) is 4.73. The summed E-state index contributed by atoms with van der Waals surface area (Å²) in [6.07, 6.45) is 2.06. The maximum absolute atomic E-state index is 7.86. The summed E-state index contributed by atoms with van der Waals surface area (Å²) in [5.41, 5.74) is 2.42. The molecular weight excluding hydrogens is 380 g/mol. The number of pyridine rings is 1. The number of hydrogen-bond acceptors (Lipinski definition) is 0. The first-order valence-corrected chi connectivity index (χ1v) is 9.73. The third-order valence-electron chi connectivity index (χ3n) is 6.00. The number of rotatable bonds is 0. The van der Waals surface area contributed by atoms with Gasteiger partial charge in [-0.25, -0.2) is 0 Å². The molecule has 0 fully saturated rings. The van der Waals surface area contributed by atoms with Crippen molar-refractivity contribution in [2.24, 2.45) is 0 Å². The van der Waals surface area contributed by atoms with Crippen molar-refractivity contribution >= 4 is 65.8 Å². The Morgan fingerprint density at radius 2 is 1.32 bits per heavy atom. The Bertz CT molecular complexity index is 1870. The number of fused-ring (bicyclic) bond motifs is 10. The zero-order valence-electron chi connectivity index (χ0n) is 16.2. The van der Waals surface area contributed by atoms with Gasteiger partial charge in [-0.05, 0) is 27.6 Å². The van der Waals surface area contributed by atoms with E-state index in [1.165, 1.54) is 0 Å². The van der Waals surface area contributed by atoms with E-state index in [1.807, 2.05) is 30.3 Å². The van der Waals surface area contributed by atoms with Crippen molar-refractivity contribution in [2.75, 3.05) is 0 Å². The topological polar surface area (TPSA) is 17.5 Å². The fraction of sp³-hybridized carbons (Fsp3) is 0. The highest BCUT2D eigenvalue weighted by Crippen LogP contribution is 2.49. The molecule has 0 spiro atoms. The lowest BCUT2D eigenvalue weighted by molar-refractivity contribution is 1.30. The number of aromatic nitrogens is 1. The van der Waals surface area contributed by atoms with Crippen LogP contribution in [0, 0.1) is 19.7 Å². The highest BCUT2D eigenvalue weighted by atomic mass is 14.9. The molecule has 2 heterocycles. The summed E-state index contributed by atoms with van der Waals surface area (Å²) in [6, 6.07) is 22.3. The van der Waals surface area contributed by atoms with Crippen molar-refractivity contribution in [3.63, 3.8) is 0 Å². The van der Waals surface area contributed by atoms with Crippen LogP contribution in [-0.2, 0) is 0 Å². The molecule has 4 heteroatoms. The van der Waals surface area contributed by atoms with Gasteiger partial charge in [0.25, 0.3) is 0 Å². The molecule has 2 aromatic heterocycles. The molecule has 0 saturated carbocycles. The third kappa shape index (κ3) is 2.10. The van der Waals surface area contributed by atoms with E-state index < -0.39 is 0 Å². The van der Waals surface area contributed by atoms with E-state index in [0.717, 1.165) is 48.7 Å². The van der Waals surface area contributed by atoms with Crippen LogP contribution in [-0.4, -0.2) is 4.40 Å². The highest BCUT2D eigenvalue weighted by Gasteiger charge is 2.21. The minimum atomic E-state index is 0.128. The van der Waals surface area contributed by atoms with Gasteiger partial charge in [0.1, 0.15) is 0 Å². The highest BCUT2D eigenvalue weighted by molar-refractivity contribution is 6.30. The van der Waals surface area contributed by atoms with Gasteiger partial charge < -0.3 is 4.40 Å². The minimum absolute atomic E-state index is 0.128. The van der Waals surface area contributed by atoms with Crippen molar-refractivity contribution < 1.29 is 0 Å². The van der Waals surface area contributed by atoms with Gasteiger partial charge in [-0.15, -0.1) is 0 Å². The van der Waals surface area contributed by atoms with Gasteiger partial charge >= 0.3 is 0 Å². The Kier molecular flexibility index (Phi) is 3.34. The average Bonchev–Trinajstić information content (AvgIpc) is 3.22. The van der Waals surface area contributed by atoms with Gasteiger partial charge in [0, 0.05) is 27.9 Å². The Morgan fingerprint density at radius 3 is 2.06 bits per heavy atom. The van der Waals surface area contributed by atoms with E-state index in [1.54, 1.807) is 6.07 Å². The molecule has 6 rings (SSSR count). The lowest BCUT2D eigenvalue weighted by Crippen LogP contribution is -1.91. The number of benzene rings is 4. The van der Waals surface area contributed by atoms with Gasteiger partial charge in [0.05, 0.1) is 25.2 Å². The van der Waals surface area contributed by atoms with E-state index in [4.69, 9.17) is 19.7 Å². The van der Waals surface area contributed by atoms with Crippen LogP contribution in [0.2, 0.25) is 0 Å². The van der Waals surface area contributed by atoms with Crippen LogP contribution >= 0.6 is 0 Å². The standard InChI is InChI=1S/C27H12N4/c1-28-21-14-22-24(26(30-3)25(21)29-2)20-13-12-16-8-4-6-10-18(16)23(20)27-19-11-7-5-9-17(19)15-31(22)27/h4-15H. The summed E-state index contributed by atoms with van der Waals surface area (Å²) in [5, 5.41) is 7.14. The molecule has 140 valence electrons. The normalized spacial score (nSPS) is 11.1. The Labute approximate surface area is 177 Å². The van der Waals surface area contributed by atoms with Gasteiger partial charge in [-0.2, -0.15) is 0 Å². The molecule has 4 nitrogen and oxygen atoms in total. The molecule has 0 aliphatic rings. The van der Waals surface area contributed by atoms with Crippen molar-refractivity contribution in [3.8, 4) is 0 Å². The second-order valence-electron chi connectivity index (χ2n) is 7.47.